The van der Waals surface area contributed by atoms with E-state index in [4.69, 9.17) is 9.15 Å². The van der Waals surface area contributed by atoms with Gasteiger partial charge < -0.3 is 24.7 Å². The topological polar surface area (TPSA) is 122 Å². The number of likely N-dealkylation sites (N-methyl/N-ethyl adjacent to an activating group) is 1. The van der Waals surface area contributed by atoms with E-state index in [-0.39, 0.29) is 29.3 Å². The van der Waals surface area contributed by atoms with Gasteiger partial charge in [0.1, 0.15) is 5.52 Å². The molecule has 11 heteroatoms. The first-order valence-electron chi connectivity index (χ1n) is 15.0. The van der Waals surface area contributed by atoms with Crippen molar-refractivity contribution in [3.63, 3.8) is 0 Å². The molecule has 0 atom stereocenters. The fraction of sp³-hybridized carbons (Fsp3) is 0.394. The molecule has 3 heterocycles. The molecular formula is C33H40N6O5. The Balaban J connectivity index is 1.36. The van der Waals surface area contributed by atoms with Gasteiger partial charge in [0.25, 0.3) is 11.8 Å². The molecule has 5 rings (SSSR count). The van der Waals surface area contributed by atoms with Crippen molar-refractivity contribution in [1.82, 2.24) is 24.9 Å². The number of benzene rings is 2. The van der Waals surface area contributed by atoms with E-state index in [9.17, 15) is 14.4 Å². The molecule has 2 aromatic carbocycles. The molecule has 0 aliphatic carbocycles. The minimum Gasteiger partial charge on any atom is -0.448 e. The van der Waals surface area contributed by atoms with Crippen LogP contribution in [0.15, 0.2) is 65.1 Å². The van der Waals surface area contributed by atoms with Gasteiger partial charge in [-0.25, -0.2) is 4.79 Å². The number of furan rings is 1. The maximum absolute atomic E-state index is 13.3. The van der Waals surface area contributed by atoms with Crippen molar-refractivity contribution in [2.45, 2.75) is 45.7 Å². The molecule has 4 aromatic rings. The molecule has 44 heavy (non-hydrogen) atoms. The zero-order valence-corrected chi connectivity index (χ0v) is 25.8. The number of carbonyl (C=O) groups is 3. The molecule has 2 amide bonds. The number of nitrogens with one attached hydrogen (secondary N) is 2. The molecule has 0 bridgehead atoms. The van der Waals surface area contributed by atoms with E-state index in [0.717, 1.165) is 55.0 Å². The van der Waals surface area contributed by atoms with Crippen molar-refractivity contribution in [1.29, 1.82) is 0 Å². The third-order valence-corrected chi connectivity index (χ3v) is 7.85. The summed E-state index contributed by atoms with van der Waals surface area (Å²) in [4.78, 5) is 44.2. The largest absolute Gasteiger partial charge is 0.448 e. The Labute approximate surface area is 257 Å². The number of nitrogens with zero attached hydrogens (tertiary/aromatic N) is 4. The lowest BCUT2D eigenvalue weighted by molar-refractivity contribution is 0.0885. The molecule has 2 N–H and O–H groups in total. The normalized spacial score (nSPS) is 14.5. The molecule has 1 fully saturated rings. The van der Waals surface area contributed by atoms with E-state index in [1.807, 2.05) is 63.2 Å². The summed E-state index contributed by atoms with van der Waals surface area (Å²) in [5.74, 6) is -0.913. The van der Waals surface area contributed by atoms with E-state index in [2.05, 4.69) is 32.6 Å². The van der Waals surface area contributed by atoms with E-state index in [1.165, 1.54) is 6.07 Å². The highest BCUT2D eigenvalue weighted by Crippen LogP contribution is 2.29. The molecule has 11 nitrogen and oxygen atoms in total. The fourth-order valence-corrected chi connectivity index (χ4v) is 5.08. The Hall–Kier alpha value is -4.48. The lowest BCUT2D eigenvalue weighted by Gasteiger charge is -2.32. The van der Waals surface area contributed by atoms with Crippen molar-refractivity contribution >= 4 is 34.8 Å². The van der Waals surface area contributed by atoms with Gasteiger partial charge in [-0.05, 0) is 50.6 Å². The van der Waals surface area contributed by atoms with Gasteiger partial charge in [-0.3, -0.25) is 14.5 Å². The van der Waals surface area contributed by atoms with Gasteiger partial charge >= 0.3 is 6.09 Å². The highest BCUT2D eigenvalue weighted by Gasteiger charge is 2.28. The first-order chi connectivity index (χ1) is 21.1. The second kappa shape index (κ2) is 13.4. The molecule has 232 valence electrons. The molecule has 1 aliphatic heterocycles. The van der Waals surface area contributed by atoms with Crippen molar-refractivity contribution in [3.8, 4) is 0 Å². The van der Waals surface area contributed by atoms with E-state index >= 15 is 0 Å². The summed E-state index contributed by atoms with van der Waals surface area (Å²) >= 11 is 0. The number of piperazine rings is 1. The number of hydrogen-bond acceptors (Lipinski definition) is 8. The van der Waals surface area contributed by atoms with Gasteiger partial charge in [-0.2, -0.15) is 4.68 Å². The van der Waals surface area contributed by atoms with Crippen LogP contribution in [0.2, 0.25) is 0 Å². The summed E-state index contributed by atoms with van der Waals surface area (Å²) in [5, 5.41) is 10.0. The molecule has 0 saturated carbocycles. The summed E-state index contributed by atoms with van der Waals surface area (Å²) in [6.07, 6.45) is 0.817. The minimum atomic E-state index is -0.727. The number of hydrogen-bond donors (Lipinski definition) is 2. The van der Waals surface area contributed by atoms with Crippen LogP contribution in [0.3, 0.4) is 0 Å². The Morgan fingerprint density at radius 2 is 1.68 bits per heavy atom. The first-order valence-corrected chi connectivity index (χ1v) is 15.0. The summed E-state index contributed by atoms with van der Waals surface area (Å²) in [5.41, 5.74) is 2.07. The smallest absolute Gasteiger partial charge is 0.435 e. The maximum Gasteiger partial charge on any atom is 0.435 e. The van der Waals surface area contributed by atoms with Crippen molar-refractivity contribution in [3.05, 3.63) is 83.1 Å². The monoisotopic (exact) mass is 600 g/mol. The number of unbranched alkanes of at least 4 members (excludes halogenated alkanes) is 1. The van der Waals surface area contributed by atoms with Gasteiger partial charge in [-0.15, -0.1) is 5.10 Å². The van der Waals surface area contributed by atoms with Crippen LogP contribution in [0, 0.1) is 0 Å². The number of aromatic nitrogens is 2. The van der Waals surface area contributed by atoms with Crippen LogP contribution in [-0.4, -0.2) is 77.3 Å². The van der Waals surface area contributed by atoms with Gasteiger partial charge in [0.2, 0.25) is 0 Å². The lowest BCUT2D eigenvalue weighted by atomic mass is 9.94. The summed E-state index contributed by atoms with van der Waals surface area (Å²) < 4.78 is 12.3. The second-order valence-corrected chi connectivity index (χ2v) is 11.7. The van der Waals surface area contributed by atoms with Crippen LogP contribution < -0.4 is 10.6 Å². The maximum atomic E-state index is 13.3. The van der Waals surface area contributed by atoms with Crippen LogP contribution in [0.1, 0.15) is 65.7 Å². The van der Waals surface area contributed by atoms with E-state index < -0.39 is 23.4 Å². The third-order valence-electron chi connectivity index (χ3n) is 7.85. The Morgan fingerprint density at radius 1 is 0.977 bits per heavy atom. The number of amides is 2. The van der Waals surface area contributed by atoms with Gasteiger partial charge in [-0.1, -0.05) is 55.8 Å². The van der Waals surface area contributed by atoms with Crippen molar-refractivity contribution < 1.29 is 23.5 Å². The molecular weight excluding hydrogens is 560 g/mol. The number of anilines is 1. The third kappa shape index (κ3) is 7.17. The van der Waals surface area contributed by atoms with Crippen molar-refractivity contribution in [2.75, 3.05) is 45.2 Å². The predicted octanol–water partition coefficient (Wildman–Crippen LogP) is 5.08. The Kier molecular flexibility index (Phi) is 9.46. The highest BCUT2D eigenvalue weighted by atomic mass is 16.6. The highest BCUT2D eigenvalue weighted by molar-refractivity contribution is 6.08. The van der Waals surface area contributed by atoms with Crippen LogP contribution in [0.5, 0.6) is 0 Å². The van der Waals surface area contributed by atoms with E-state index in [0.29, 0.717) is 12.0 Å². The average molecular weight is 601 g/mol. The number of rotatable bonds is 10. The predicted molar refractivity (Wildman–Crippen MR) is 168 cm³/mol. The SMILES string of the molecule is CCCCOC(=O)n1nc(NC(=O)c2ccc(CN3CCN(C)CC3)cc2)c2oc(C(=O)NC(C)(C)c3ccccc3)cc21. The van der Waals surface area contributed by atoms with Gasteiger partial charge in [0.15, 0.2) is 17.2 Å². The van der Waals surface area contributed by atoms with Crippen LogP contribution in [-0.2, 0) is 16.8 Å². The van der Waals surface area contributed by atoms with E-state index in [1.54, 1.807) is 12.1 Å². The van der Waals surface area contributed by atoms with Crippen LogP contribution in [0.4, 0.5) is 10.6 Å². The quantitative estimate of drug-likeness (QED) is 0.242. The Morgan fingerprint density at radius 3 is 2.36 bits per heavy atom. The summed E-state index contributed by atoms with van der Waals surface area (Å²) in [6.45, 7) is 10.9. The minimum absolute atomic E-state index is 0.0142. The van der Waals surface area contributed by atoms with Crippen LogP contribution >= 0.6 is 0 Å². The zero-order valence-electron chi connectivity index (χ0n) is 25.8. The number of ether oxygens (including phenoxy) is 1. The molecule has 2 aromatic heterocycles. The average Bonchev–Trinajstić information content (AvgIpc) is 3.60. The summed E-state index contributed by atoms with van der Waals surface area (Å²) in [7, 11) is 2.13. The number of carbonyl (C=O) groups excluding carboxylic acids is 3. The molecule has 0 spiro atoms. The zero-order chi connectivity index (χ0) is 31.3. The molecule has 1 saturated heterocycles. The number of fused-ring (bicyclic) bond motifs is 1. The summed E-state index contributed by atoms with van der Waals surface area (Å²) in [6, 6.07) is 18.4. The molecule has 0 unspecified atom stereocenters. The van der Waals surface area contributed by atoms with Crippen LogP contribution in [0.25, 0.3) is 11.1 Å². The van der Waals surface area contributed by atoms with Gasteiger partial charge in [0.05, 0.1) is 12.1 Å². The first kappa shape index (κ1) is 31.0. The lowest BCUT2D eigenvalue weighted by Crippen LogP contribution is -2.43. The second-order valence-electron chi connectivity index (χ2n) is 11.7. The Bertz CT molecular complexity index is 1600. The molecule has 1 aliphatic rings. The van der Waals surface area contributed by atoms with Crippen molar-refractivity contribution in [2.24, 2.45) is 0 Å². The molecule has 0 radical (unpaired) electrons. The standard InChI is InChI=1S/C33H40N6O5/c1-5-6-20-43-32(42)39-26-21-27(31(41)35-33(2,3)25-10-8-7-9-11-25)44-28(26)29(36-39)34-30(40)24-14-12-23(13-15-24)22-38-18-16-37(4)17-19-38/h7-15,21H,5-6,16-20,22H2,1-4H3,(H,35,41)(H,34,36,40). The fourth-order valence-electron chi connectivity index (χ4n) is 5.08. The van der Waals surface area contributed by atoms with Gasteiger partial charge in [0, 0.05) is 44.4 Å².